The zero-order valence-corrected chi connectivity index (χ0v) is 15.6. The van der Waals surface area contributed by atoms with E-state index in [0.717, 1.165) is 22.9 Å². The van der Waals surface area contributed by atoms with Crippen molar-refractivity contribution >= 4 is 22.4 Å². The van der Waals surface area contributed by atoms with Crippen molar-refractivity contribution in [3.8, 4) is 5.75 Å². The largest absolute Gasteiger partial charge is 0.484 e. The fraction of sp³-hybridized carbons (Fsp3) is 0.261. The highest BCUT2D eigenvalue weighted by molar-refractivity contribution is 5.95. The molecule has 1 N–H and O–H groups in total. The van der Waals surface area contributed by atoms with E-state index in [0.29, 0.717) is 5.75 Å². The molecule has 0 spiro atoms. The maximum atomic E-state index is 12.2. The van der Waals surface area contributed by atoms with E-state index >= 15 is 0 Å². The van der Waals surface area contributed by atoms with Crippen LogP contribution >= 0.6 is 0 Å². The third kappa shape index (κ3) is 4.23. The van der Waals surface area contributed by atoms with Crippen LogP contribution in [0.5, 0.6) is 5.75 Å². The molecular weight excluding hydrogens is 322 g/mol. The number of ether oxygens (including phenoxy) is 1. The predicted octanol–water partition coefficient (Wildman–Crippen LogP) is 5.54. The number of nitrogens with one attached hydrogen (secondary N) is 1. The third-order valence-corrected chi connectivity index (χ3v) is 4.92. The second-order valence-electron chi connectivity index (χ2n) is 7.16. The average Bonchev–Trinajstić information content (AvgIpc) is 2.66. The van der Waals surface area contributed by atoms with Crippen molar-refractivity contribution in [1.29, 1.82) is 0 Å². The normalized spacial score (nSPS) is 11.3. The summed E-state index contributed by atoms with van der Waals surface area (Å²) in [5, 5.41) is 5.13. The number of fused-ring (bicyclic) bond motifs is 1. The third-order valence-electron chi connectivity index (χ3n) is 4.92. The summed E-state index contributed by atoms with van der Waals surface area (Å²) in [5.74, 6) is 0.535. The number of carbonyl (C=O) groups is 1. The minimum absolute atomic E-state index is 0.0106. The minimum atomic E-state index is -0.168. The Kier molecular flexibility index (Phi) is 5.27. The lowest BCUT2D eigenvalue weighted by Crippen LogP contribution is -2.20. The first-order valence-electron chi connectivity index (χ1n) is 9.00. The Labute approximate surface area is 155 Å². The molecule has 0 unspecified atom stereocenters. The number of rotatable bonds is 6. The van der Waals surface area contributed by atoms with E-state index in [1.165, 1.54) is 5.56 Å². The van der Waals surface area contributed by atoms with Crippen LogP contribution in [0.4, 0.5) is 5.69 Å². The van der Waals surface area contributed by atoms with Gasteiger partial charge in [-0.25, -0.2) is 0 Å². The Hall–Kier alpha value is -2.81. The highest BCUT2D eigenvalue weighted by Crippen LogP contribution is 2.28. The topological polar surface area (TPSA) is 38.3 Å². The number of hydrogen-bond donors (Lipinski definition) is 1. The van der Waals surface area contributed by atoms with Crippen molar-refractivity contribution in [3.05, 3.63) is 72.3 Å². The Balaban J connectivity index is 1.58. The molecule has 0 aliphatic carbocycles. The summed E-state index contributed by atoms with van der Waals surface area (Å²) in [7, 11) is 0. The highest BCUT2D eigenvalue weighted by atomic mass is 16.5. The van der Waals surface area contributed by atoms with Crippen LogP contribution in [0, 0.1) is 0 Å². The number of benzene rings is 3. The Morgan fingerprint density at radius 3 is 2.35 bits per heavy atom. The molecule has 0 heterocycles. The molecule has 0 saturated heterocycles. The quantitative estimate of drug-likeness (QED) is 0.635. The molecule has 1 amide bonds. The lowest BCUT2D eigenvalue weighted by atomic mass is 9.82. The molecule has 26 heavy (non-hydrogen) atoms. The molecule has 0 radical (unpaired) electrons. The standard InChI is InChI=1S/C23H25NO2/c1-4-23(2,3)19-10-13-21(14-11-19)26-16-22(25)24-20-12-9-17-7-5-6-8-18(17)15-20/h5-15H,4,16H2,1-3H3,(H,24,25). The fourth-order valence-electron chi connectivity index (χ4n) is 2.82. The first-order chi connectivity index (χ1) is 12.5. The smallest absolute Gasteiger partial charge is 0.262 e. The zero-order valence-electron chi connectivity index (χ0n) is 15.6. The van der Waals surface area contributed by atoms with Gasteiger partial charge in [-0.2, -0.15) is 0 Å². The highest BCUT2D eigenvalue weighted by Gasteiger charge is 2.17. The van der Waals surface area contributed by atoms with Gasteiger partial charge < -0.3 is 10.1 Å². The van der Waals surface area contributed by atoms with E-state index in [2.05, 4.69) is 38.2 Å². The van der Waals surface area contributed by atoms with E-state index in [9.17, 15) is 4.79 Å². The lowest BCUT2D eigenvalue weighted by Gasteiger charge is -2.23. The summed E-state index contributed by atoms with van der Waals surface area (Å²) in [5.41, 5.74) is 2.19. The molecule has 0 fully saturated rings. The monoisotopic (exact) mass is 347 g/mol. The molecule has 0 aromatic heterocycles. The second kappa shape index (κ2) is 7.61. The van der Waals surface area contributed by atoms with Crippen LogP contribution in [0.15, 0.2) is 66.7 Å². The van der Waals surface area contributed by atoms with Gasteiger partial charge in [-0.15, -0.1) is 0 Å². The van der Waals surface area contributed by atoms with E-state index in [-0.39, 0.29) is 17.9 Å². The van der Waals surface area contributed by atoms with Gasteiger partial charge in [-0.05, 0) is 52.4 Å². The van der Waals surface area contributed by atoms with Crippen molar-refractivity contribution in [2.24, 2.45) is 0 Å². The molecule has 0 saturated carbocycles. The first-order valence-corrected chi connectivity index (χ1v) is 9.00. The summed E-state index contributed by atoms with van der Waals surface area (Å²) < 4.78 is 5.62. The second-order valence-corrected chi connectivity index (χ2v) is 7.16. The lowest BCUT2D eigenvalue weighted by molar-refractivity contribution is -0.118. The van der Waals surface area contributed by atoms with Gasteiger partial charge in [0.15, 0.2) is 6.61 Å². The zero-order chi connectivity index (χ0) is 18.6. The molecule has 134 valence electrons. The van der Waals surface area contributed by atoms with Gasteiger partial charge in [-0.3, -0.25) is 4.79 Å². The van der Waals surface area contributed by atoms with E-state index in [1.807, 2.05) is 54.6 Å². The summed E-state index contributed by atoms with van der Waals surface area (Å²) >= 11 is 0. The molecule has 0 atom stereocenters. The fourth-order valence-corrected chi connectivity index (χ4v) is 2.82. The average molecular weight is 347 g/mol. The van der Waals surface area contributed by atoms with Gasteiger partial charge in [0.2, 0.25) is 0 Å². The maximum Gasteiger partial charge on any atom is 0.262 e. The summed E-state index contributed by atoms with van der Waals surface area (Å²) in [6, 6.07) is 21.9. The first kappa shape index (κ1) is 18.0. The summed E-state index contributed by atoms with van der Waals surface area (Å²) in [6.07, 6.45) is 1.07. The molecule has 3 aromatic carbocycles. The molecule has 3 rings (SSSR count). The van der Waals surface area contributed by atoms with Crippen LogP contribution in [0.2, 0.25) is 0 Å². The predicted molar refractivity (Wildman–Crippen MR) is 108 cm³/mol. The van der Waals surface area contributed by atoms with Crippen LogP contribution in [0.3, 0.4) is 0 Å². The maximum absolute atomic E-state index is 12.2. The Morgan fingerprint density at radius 1 is 0.962 bits per heavy atom. The van der Waals surface area contributed by atoms with E-state index in [4.69, 9.17) is 4.74 Å². The van der Waals surface area contributed by atoms with Crippen molar-refractivity contribution in [1.82, 2.24) is 0 Å². The van der Waals surface area contributed by atoms with Gasteiger partial charge in [0.1, 0.15) is 5.75 Å². The van der Waals surface area contributed by atoms with E-state index < -0.39 is 0 Å². The summed E-state index contributed by atoms with van der Waals surface area (Å²) in [6.45, 7) is 6.62. The molecule has 0 aliphatic heterocycles. The van der Waals surface area contributed by atoms with Crippen molar-refractivity contribution in [2.75, 3.05) is 11.9 Å². The van der Waals surface area contributed by atoms with Gasteiger partial charge in [0.25, 0.3) is 5.91 Å². The molecule has 3 nitrogen and oxygen atoms in total. The number of amides is 1. The molecular formula is C23H25NO2. The minimum Gasteiger partial charge on any atom is -0.484 e. The number of carbonyl (C=O) groups excluding carboxylic acids is 1. The van der Waals surface area contributed by atoms with E-state index in [1.54, 1.807) is 0 Å². The van der Waals surface area contributed by atoms with Crippen LogP contribution in [0.1, 0.15) is 32.8 Å². The van der Waals surface area contributed by atoms with Crippen molar-refractivity contribution < 1.29 is 9.53 Å². The van der Waals surface area contributed by atoms with Crippen LogP contribution in [-0.4, -0.2) is 12.5 Å². The summed E-state index contributed by atoms with van der Waals surface area (Å²) in [4.78, 5) is 12.2. The van der Waals surface area contributed by atoms with Gasteiger partial charge in [0, 0.05) is 5.69 Å². The van der Waals surface area contributed by atoms with Crippen molar-refractivity contribution in [3.63, 3.8) is 0 Å². The molecule has 0 aliphatic rings. The van der Waals surface area contributed by atoms with Crippen LogP contribution < -0.4 is 10.1 Å². The van der Waals surface area contributed by atoms with Gasteiger partial charge in [-0.1, -0.05) is 63.2 Å². The molecule has 0 bridgehead atoms. The van der Waals surface area contributed by atoms with Gasteiger partial charge in [0.05, 0.1) is 0 Å². The SMILES string of the molecule is CCC(C)(C)c1ccc(OCC(=O)Nc2ccc3ccccc3c2)cc1. The van der Waals surface area contributed by atoms with Crippen molar-refractivity contribution in [2.45, 2.75) is 32.6 Å². The number of hydrogen-bond acceptors (Lipinski definition) is 2. The molecule has 3 heteroatoms. The molecule has 3 aromatic rings. The van der Waals surface area contributed by atoms with Gasteiger partial charge >= 0.3 is 0 Å². The van der Waals surface area contributed by atoms with Crippen LogP contribution in [0.25, 0.3) is 10.8 Å². The Bertz CT molecular complexity index is 897. The Morgan fingerprint density at radius 2 is 1.65 bits per heavy atom. The van der Waals surface area contributed by atoms with Crippen LogP contribution in [-0.2, 0) is 10.2 Å². The number of anilines is 1.